The fourth-order valence-electron chi connectivity index (χ4n) is 3.55. The maximum atomic E-state index is 13.2. The van der Waals surface area contributed by atoms with Gasteiger partial charge in [-0.1, -0.05) is 19.1 Å². The van der Waals surface area contributed by atoms with Crippen LogP contribution in [0.15, 0.2) is 48.8 Å². The van der Waals surface area contributed by atoms with Crippen LogP contribution in [-0.2, 0) is 11.3 Å². The smallest absolute Gasteiger partial charge is 0.255 e. The summed E-state index contributed by atoms with van der Waals surface area (Å²) in [6, 6.07) is 10.3. The molecule has 1 fully saturated rings. The van der Waals surface area contributed by atoms with Gasteiger partial charge in [-0.3, -0.25) is 9.78 Å². The molecule has 2 atom stereocenters. The van der Waals surface area contributed by atoms with Crippen molar-refractivity contribution in [1.29, 1.82) is 0 Å². The van der Waals surface area contributed by atoms with E-state index in [2.05, 4.69) is 17.2 Å². The van der Waals surface area contributed by atoms with Gasteiger partial charge in [0.15, 0.2) is 0 Å². The first-order valence-corrected chi connectivity index (χ1v) is 9.19. The van der Waals surface area contributed by atoms with Crippen molar-refractivity contribution in [2.75, 3.05) is 13.2 Å². The number of nitrogens with zero attached hydrogens (tertiary/aromatic N) is 2. The van der Waals surface area contributed by atoms with Crippen molar-refractivity contribution in [2.24, 2.45) is 5.92 Å². The molecule has 0 aliphatic carbocycles. The molecule has 0 spiro atoms. The maximum Gasteiger partial charge on any atom is 0.255 e. The first-order chi connectivity index (χ1) is 13.1. The Balaban J connectivity index is 1.63. The molecule has 0 unspecified atom stereocenters. The van der Waals surface area contributed by atoms with Gasteiger partial charge in [-0.05, 0) is 42.2 Å². The van der Waals surface area contributed by atoms with E-state index in [0.29, 0.717) is 30.8 Å². The van der Waals surface area contributed by atoms with E-state index in [0.717, 1.165) is 17.5 Å². The van der Waals surface area contributed by atoms with Gasteiger partial charge in [-0.25, -0.2) is 4.39 Å². The van der Waals surface area contributed by atoms with Crippen molar-refractivity contribution in [3.05, 3.63) is 65.7 Å². The summed E-state index contributed by atoms with van der Waals surface area (Å²) in [5, 5.41) is 3.14. The Morgan fingerprint density at radius 3 is 2.93 bits per heavy atom. The second-order valence-electron chi connectivity index (χ2n) is 7.09. The van der Waals surface area contributed by atoms with Crippen LogP contribution >= 0.6 is 0 Å². The molecular formula is C21H22FN3O2. The summed E-state index contributed by atoms with van der Waals surface area (Å²) >= 11 is 0. The first kappa shape index (κ1) is 17.7. The Bertz CT molecular complexity index is 952. The van der Waals surface area contributed by atoms with E-state index in [-0.39, 0.29) is 23.7 Å². The molecule has 2 aromatic heterocycles. The average Bonchev–Trinajstić information content (AvgIpc) is 3.04. The van der Waals surface area contributed by atoms with Crippen molar-refractivity contribution in [1.82, 2.24) is 14.9 Å². The zero-order valence-corrected chi connectivity index (χ0v) is 15.2. The minimum absolute atomic E-state index is 0.102. The molecule has 1 aliphatic heterocycles. The zero-order chi connectivity index (χ0) is 18.8. The largest absolute Gasteiger partial charge is 0.381 e. The highest BCUT2D eigenvalue weighted by Crippen LogP contribution is 2.22. The summed E-state index contributed by atoms with van der Waals surface area (Å²) in [6.07, 6.45) is 4.34. The molecule has 0 radical (unpaired) electrons. The van der Waals surface area contributed by atoms with E-state index < -0.39 is 0 Å². The van der Waals surface area contributed by atoms with E-state index in [1.807, 2.05) is 22.9 Å². The standard InChI is InChI=1S/C21H22FN3O2/c1-14-13-27-10-8-18(14)24-21(26)17-12-25(19-3-2-9-23-20(17)19)11-15-4-6-16(22)7-5-15/h2-7,9,12,14,18H,8,10-11,13H2,1H3,(H,24,26)/t14-,18-/m0/s1. The Morgan fingerprint density at radius 2 is 2.15 bits per heavy atom. The Labute approximate surface area is 157 Å². The number of aromatic nitrogens is 2. The molecule has 0 saturated carbocycles. The molecule has 3 aromatic rings. The predicted molar refractivity (Wildman–Crippen MR) is 101 cm³/mol. The zero-order valence-electron chi connectivity index (χ0n) is 15.2. The third-order valence-electron chi connectivity index (χ3n) is 5.10. The van der Waals surface area contributed by atoms with Crippen LogP contribution in [0.4, 0.5) is 4.39 Å². The number of halogens is 1. The monoisotopic (exact) mass is 367 g/mol. The topological polar surface area (TPSA) is 56.1 Å². The molecule has 27 heavy (non-hydrogen) atoms. The highest BCUT2D eigenvalue weighted by atomic mass is 19.1. The molecule has 1 amide bonds. The van der Waals surface area contributed by atoms with Crippen molar-refractivity contribution < 1.29 is 13.9 Å². The van der Waals surface area contributed by atoms with Gasteiger partial charge >= 0.3 is 0 Å². The van der Waals surface area contributed by atoms with E-state index in [1.54, 1.807) is 18.3 Å². The molecule has 0 bridgehead atoms. The predicted octanol–water partition coefficient (Wildman–Crippen LogP) is 3.38. The van der Waals surface area contributed by atoms with Crippen molar-refractivity contribution in [3.63, 3.8) is 0 Å². The second-order valence-corrected chi connectivity index (χ2v) is 7.09. The lowest BCUT2D eigenvalue weighted by Crippen LogP contribution is -2.44. The molecule has 4 rings (SSSR count). The molecule has 3 heterocycles. The number of pyridine rings is 1. The normalized spacial score (nSPS) is 19.9. The van der Waals surface area contributed by atoms with Gasteiger partial charge in [-0.2, -0.15) is 0 Å². The number of hydrogen-bond donors (Lipinski definition) is 1. The van der Waals surface area contributed by atoms with Crippen LogP contribution in [0.25, 0.3) is 11.0 Å². The SMILES string of the molecule is C[C@H]1COCC[C@@H]1NC(=O)c1cn(Cc2ccc(F)cc2)c2cccnc12. The number of benzene rings is 1. The lowest BCUT2D eigenvalue weighted by Gasteiger charge is -2.29. The Morgan fingerprint density at radius 1 is 1.33 bits per heavy atom. The summed E-state index contributed by atoms with van der Waals surface area (Å²) in [7, 11) is 0. The number of amides is 1. The van der Waals surface area contributed by atoms with E-state index in [4.69, 9.17) is 4.74 Å². The summed E-state index contributed by atoms with van der Waals surface area (Å²) in [4.78, 5) is 17.4. The van der Waals surface area contributed by atoms with E-state index in [9.17, 15) is 9.18 Å². The minimum Gasteiger partial charge on any atom is -0.381 e. The van der Waals surface area contributed by atoms with E-state index >= 15 is 0 Å². The Hall–Kier alpha value is -2.73. The highest BCUT2D eigenvalue weighted by Gasteiger charge is 2.25. The van der Waals surface area contributed by atoms with Crippen LogP contribution in [0.3, 0.4) is 0 Å². The summed E-state index contributed by atoms with van der Waals surface area (Å²) in [6.45, 7) is 3.96. The summed E-state index contributed by atoms with van der Waals surface area (Å²) in [5.41, 5.74) is 3.08. The number of fused-ring (bicyclic) bond motifs is 1. The third-order valence-corrected chi connectivity index (χ3v) is 5.10. The van der Waals surface area contributed by atoms with Gasteiger partial charge < -0.3 is 14.6 Å². The fraction of sp³-hybridized carbons (Fsp3) is 0.333. The lowest BCUT2D eigenvalue weighted by atomic mass is 9.97. The summed E-state index contributed by atoms with van der Waals surface area (Å²) < 4.78 is 20.6. The molecule has 1 aromatic carbocycles. The number of carbonyl (C=O) groups is 1. The van der Waals surface area contributed by atoms with Crippen LogP contribution in [0.2, 0.25) is 0 Å². The van der Waals surface area contributed by atoms with Gasteiger partial charge in [0, 0.05) is 31.6 Å². The Kier molecular flexibility index (Phi) is 4.90. The number of nitrogens with one attached hydrogen (secondary N) is 1. The number of rotatable bonds is 4. The van der Waals surface area contributed by atoms with Crippen LogP contribution < -0.4 is 5.32 Å². The van der Waals surface area contributed by atoms with Crippen LogP contribution in [0.5, 0.6) is 0 Å². The minimum atomic E-state index is -0.261. The number of ether oxygens (including phenoxy) is 1. The van der Waals surface area contributed by atoms with Crippen molar-refractivity contribution >= 4 is 16.9 Å². The highest BCUT2D eigenvalue weighted by molar-refractivity contribution is 6.05. The summed E-state index contributed by atoms with van der Waals surface area (Å²) in [5.74, 6) is -0.0954. The molecule has 5 nitrogen and oxygen atoms in total. The molecule has 140 valence electrons. The number of carbonyl (C=O) groups excluding carboxylic acids is 1. The maximum absolute atomic E-state index is 13.2. The average molecular weight is 367 g/mol. The third kappa shape index (κ3) is 3.71. The molecule has 1 saturated heterocycles. The first-order valence-electron chi connectivity index (χ1n) is 9.19. The van der Waals surface area contributed by atoms with Crippen molar-refractivity contribution in [3.8, 4) is 0 Å². The van der Waals surface area contributed by atoms with Crippen LogP contribution in [-0.4, -0.2) is 34.7 Å². The molecule has 1 aliphatic rings. The van der Waals surface area contributed by atoms with Gasteiger partial charge in [0.05, 0.1) is 17.7 Å². The lowest BCUT2D eigenvalue weighted by molar-refractivity contribution is 0.0375. The van der Waals surface area contributed by atoms with Crippen LogP contribution in [0.1, 0.15) is 29.3 Å². The fourth-order valence-corrected chi connectivity index (χ4v) is 3.55. The van der Waals surface area contributed by atoms with Gasteiger partial charge in [0.1, 0.15) is 11.3 Å². The van der Waals surface area contributed by atoms with Crippen molar-refractivity contribution in [2.45, 2.75) is 25.9 Å². The second kappa shape index (κ2) is 7.48. The van der Waals surface area contributed by atoms with Gasteiger partial charge in [-0.15, -0.1) is 0 Å². The molecular weight excluding hydrogens is 345 g/mol. The van der Waals surface area contributed by atoms with E-state index in [1.165, 1.54) is 12.1 Å². The van der Waals surface area contributed by atoms with Crippen LogP contribution in [0, 0.1) is 11.7 Å². The molecule has 1 N–H and O–H groups in total. The van der Waals surface area contributed by atoms with Gasteiger partial charge in [0.2, 0.25) is 0 Å². The quantitative estimate of drug-likeness (QED) is 0.769. The van der Waals surface area contributed by atoms with Gasteiger partial charge in [0.25, 0.3) is 5.91 Å². The number of hydrogen-bond acceptors (Lipinski definition) is 3. The molecule has 6 heteroatoms.